The molecule has 0 spiro atoms. The summed E-state index contributed by atoms with van der Waals surface area (Å²) in [5.74, 6) is 1.56. The Labute approximate surface area is 210 Å². The van der Waals surface area contributed by atoms with E-state index in [0.29, 0.717) is 31.7 Å². The van der Waals surface area contributed by atoms with E-state index >= 15 is 0 Å². The zero-order valence-corrected chi connectivity index (χ0v) is 20.8. The van der Waals surface area contributed by atoms with Crippen molar-refractivity contribution in [1.29, 1.82) is 0 Å². The van der Waals surface area contributed by atoms with Crippen LogP contribution in [0.4, 0.5) is 0 Å². The molecule has 0 radical (unpaired) electrons. The Morgan fingerprint density at radius 2 is 1.94 bits per heavy atom. The first-order valence-corrected chi connectivity index (χ1v) is 12.5. The first-order valence-electron chi connectivity index (χ1n) is 12.5. The highest BCUT2D eigenvalue weighted by Gasteiger charge is 2.21. The molecular weight excluding hydrogens is 456 g/mol. The fraction of sp³-hybridized carbons (Fsp3) is 0.407. The van der Waals surface area contributed by atoms with E-state index < -0.39 is 0 Å². The minimum absolute atomic E-state index is 0.0783. The van der Waals surface area contributed by atoms with Gasteiger partial charge in [-0.2, -0.15) is 0 Å². The van der Waals surface area contributed by atoms with Crippen LogP contribution < -0.4 is 10.3 Å². The van der Waals surface area contributed by atoms with Crippen LogP contribution in [-0.2, 0) is 37.3 Å². The number of nitrogens with zero attached hydrogens (tertiary/aromatic N) is 5. The van der Waals surface area contributed by atoms with Crippen molar-refractivity contribution in [3.63, 3.8) is 0 Å². The van der Waals surface area contributed by atoms with Crippen molar-refractivity contribution < 1.29 is 9.47 Å². The van der Waals surface area contributed by atoms with Crippen molar-refractivity contribution in [3.05, 3.63) is 81.4 Å². The first-order chi connectivity index (χ1) is 17.6. The zero-order chi connectivity index (χ0) is 24.9. The third-order valence-electron chi connectivity index (χ3n) is 6.72. The van der Waals surface area contributed by atoms with Gasteiger partial charge in [0, 0.05) is 30.8 Å². The van der Waals surface area contributed by atoms with Gasteiger partial charge in [0.25, 0.3) is 5.56 Å². The highest BCUT2D eigenvalue weighted by atomic mass is 16.5. The van der Waals surface area contributed by atoms with E-state index in [4.69, 9.17) is 9.47 Å². The molecule has 9 nitrogen and oxygen atoms in total. The number of hydrogen-bond acceptors (Lipinski definition) is 7. The van der Waals surface area contributed by atoms with Crippen molar-refractivity contribution in [2.24, 2.45) is 0 Å². The molecule has 3 heterocycles. The van der Waals surface area contributed by atoms with Gasteiger partial charge in [-0.1, -0.05) is 25.1 Å². The van der Waals surface area contributed by atoms with Crippen molar-refractivity contribution in [3.8, 4) is 5.75 Å². The van der Waals surface area contributed by atoms with E-state index in [-0.39, 0.29) is 11.7 Å². The molecule has 188 valence electrons. The minimum Gasteiger partial charge on any atom is -0.497 e. The number of methoxy groups -OCH3 is 1. The number of ether oxygens (including phenoxy) is 2. The van der Waals surface area contributed by atoms with Crippen molar-refractivity contribution >= 4 is 10.9 Å². The molecule has 1 aliphatic heterocycles. The molecule has 2 aromatic carbocycles. The third kappa shape index (κ3) is 5.63. The maximum absolute atomic E-state index is 13.0. The van der Waals surface area contributed by atoms with Crippen LogP contribution in [-0.4, -0.2) is 49.9 Å². The van der Waals surface area contributed by atoms with Gasteiger partial charge in [-0.3, -0.25) is 9.69 Å². The monoisotopic (exact) mass is 488 g/mol. The first kappa shape index (κ1) is 24.1. The summed E-state index contributed by atoms with van der Waals surface area (Å²) in [7, 11) is 1.66. The van der Waals surface area contributed by atoms with Gasteiger partial charge in [-0.25, -0.2) is 4.68 Å². The topological polar surface area (TPSA) is 98.2 Å². The van der Waals surface area contributed by atoms with E-state index in [9.17, 15) is 4.79 Å². The molecule has 0 unspecified atom stereocenters. The van der Waals surface area contributed by atoms with Crippen molar-refractivity contribution in [1.82, 2.24) is 30.1 Å². The fourth-order valence-electron chi connectivity index (χ4n) is 4.70. The van der Waals surface area contributed by atoms with Gasteiger partial charge in [0.05, 0.1) is 26.3 Å². The van der Waals surface area contributed by atoms with Gasteiger partial charge in [0.1, 0.15) is 5.75 Å². The molecule has 0 aliphatic carbocycles. The van der Waals surface area contributed by atoms with Crippen LogP contribution in [0.3, 0.4) is 0 Å². The molecule has 1 N–H and O–H groups in total. The normalized spacial score (nSPS) is 15.7. The van der Waals surface area contributed by atoms with Crippen LogP contribution >= 0.6 is 0 Å². The van der Waals surface area contributed by atoms with Gasteiger partial charge in [-0.05, 0) is 76.5 Å². The molecule has 1 fully saturated rings. The van der Waals surface area contributed by atoms with Crippen LogP contribution in [0.2, 0.25) is 0 Å². The lowest BCUT2D eigenvalue weighted by atomic mass is 10.1. The molecule has 2 aromatic heterocycles. The Balaban J connectivity index is 1.42. The number of aromatic nitrogens is 5. The number of benzene rings is 2. The zero-order valence-electron chi connectivity index (χ0n) is 20.8. The molecule has 1 aliphatic rings. The van der Waals surface area contributed by atoms with Gasteiger partial charge in [0.15, 0.2) is 5.82 Å². The van der Waals surface area contributed by atoms with Crippen LogP contribution in [0.5, 0.6) is 5.75 Å². The summed E-state index contributed by atoms with van der Waals surface area (Å²) in [5.41, 5.74) is 3.83. The smallest absolute Gasteiger partial charge is 0.252 e. The van der Waals surface area contributed by atoms with E-state index in [1.165, 1.54) is 5.56 Å². The molecule has 9 heteroatoms. The summed E-state index contributed by atoms with van der Waals surface area (Å²) in [6, 6.07) is 16.2. The second-order valence-electron chi connectivity index (χ2n) is 9.30. The molecule has 1 saturated heterocycles. The number of hydrogen-bond donors (Lipinski definition) is 1. The summed E-state index contributed by atoms with van der Waals surface area (Å²) >= 11 is 0. The maximum Gasteiger partial charge on any atom is 0.252 e. The molecule has 4 aromatic rings. The second kappa shape index (κ2) is 11.0. The highest BCUT2D eigenvalue weighted by molar-refractivity contribution is 5.79. The van der Waals surface area contributed by atoms with Crippen LogP contribution in [0, 0.1) is 0 Å². The summed E-state index contributed by atoms with van der Waals surface area (Å²) in [5, 5.41) is 13.5. The number of H-pyrrole nitrogens is 1. The average Bonchev–Trinajstić information content (AvgIpc) is 3.57. The molecule has 0 bridgehead atoms. The highest BCUT2D eigenvalue weighted by Crippen LogP contribution is 2.19. The van der Waals surface area contributed by atoms with Crippen molar-refractivity contribution in [2.45, 2.75) is 58.5 Å². The van der Waals surface area contributed by atoms with E-state index in [1.54, 1.807) is 7.11 Å². The predicted octanol–water partition coefficient (Wildman–Crippen LogP) is 3.47. The van der Waals surface area contributed by atoms with E-state index in [1.807, 2.05) is 41.1 Å². The Kier molecular flexibility index (Phi) is 7.39. The lowest BCUT2D eigenvalue weighted by Crippen LogP contribution is -2.29. The van der Waals surface area contributed by atoms with Crippen LogP contribution in [0.1, 0.15) is 42.3 Å². The maximum atomic E-state index is 13.0. The van der Waals surface area contributed by atoms with Gasteiger partial charge in [-0.15, -0.1) is 5.10 Å². The Hall–Kier alpha value is -3.56. The average molecular weight is 489 g/mol. The predicted molar refractivity (Wildman–Crippen MR) is 137 cm³/mol. The molecule has 5 rings (SSSR count). The Bertz CT molecular complexity index is 1360. The van der Waals surface area contributed by atoms with Gasteiger partial charge < -0.3 is 14.5 Å². The summed E-state index contributed by atoms with van der Waals surface area (Å²) in [4.78, 5) is 18.2. The van der Waals surface area contributed by atoms with Gasteiger partial charge >= 0.3 is 0 Å². The van der Waals surface area contributed by atoms with E-state index in [2.05, 4.69) is 44.5 Å². The van der Waals surface area contributed by atoms with Crippen LogP contribution in [0.25, 0.3) is 10.9 Å². The summed E-state index contributed by atoms with van der Waals surface area (Å²) in [6.45, 7) is 5.14. The number of aromatic amines is 1. The largest absolute Gasteiger partial charge is 0.497 e. The summed E-state index contributed by atoms with van der Waals surface area (Å²) < 4.78 is 12.9. The standard InChI is InChI=1S/C27H32N6O3/c1-3-19-8-11-25-21(13-19)14-22(27(34)28-25)16-32(15-20-6-9-23(35-2)10-7-20)18-26-29-30-31-33(26)17-24-5-4-12-36-24/h6-11,13-14,24H,3-5,12,15-18H2,1-2H3,(H,28,34)/t24-/m1/s1. The molecular formula is C27H32N6O3. The molecule has 0 saturated carbocycles. The van der Waals surface area contributed by atoms with Crippen LogP contribution in [0.15, 0.2) is 53.3 Å². The fourth-order valence-corrected chi connectivity index (χ4v) is 4.70. The number of tetrazole rings is 1. The number of pyridine rings is 1. The van der Waals surface area contributed by atoms with E-state index in [0.717, 1.165) is 53.9 Å². The lowest BCUT2D eigenvalue weighted by Gasteiger charge is -2.22. The van der Waals surface area contributed by atoms with Crippen molar-refractivity contribution in [2.75, 3.05) is 13.7 Å². The third-order valence-corrected chi connectivity index (χ3v) is 6.72. The Morgan fingerprint density at radius 1 is 1.11 bits per heavy atom. The number of aryl methyl sites for hydroxylation is 1. The molecule has 0 amide bonds. The quantitative estimate of drug-likeness (QED) is 0.365. The second-order valence-corrected chi connectivity index (χ2v) is 9.30. The summed E-state index contributed by atoms with van der Waals surface area (Å²) in [6.07, 6.45) is 3.16. The minimum atomic E-state index is -0.0783. The number of fused-ring (bicyclic) bond motifs is 1. The SMILES string of the molecule is CCc1ccc2[nH]c(=O)c(CN(Cc3ccc(OC)cc3)Cc3nnnn3C[C@H]3CCCO3)cc2c1. The number of nitrogens with one attached hydrogen (secondary N) is 1. The molecule has 36 heavy (non-hydrogen) atoms. The lowest BCUT2D eigenvalue weighted by molar-refractivity contribution is 0.0914. The van der Waals surface area contributed by atoms with Gasteiger partial charge in [0.2, 0.25) is 0 Å². The molecule has 1 atom stereocenters. The number of rotatable bonds is 10. The Morgan fingerprint density at radius 3 is 2.69 bits per heavy atom.